The highest BCUT2D eigenvalue weighted by atomic mass is 16.2. The van der Waals surface area contributed by atoms with E-state index in [0.29, 0.717) is 0 Å². The van der Waals surface area contributed by atoms with Crippen molar-refractivity contribution in [1.29, 1.82) is 0 Å². The fraction of sp³-hybridized carbons (Fsp3) is 0.900. The minimum absolute atomic E-state index is 0.139. The molecule has 5 aliphatic rings. The quantitative estimate of drug-likeness (QED) is 0.860. The molecule has 4 nitrogen and oxygen atoms in total. The van der Waals surface area contributed by atoms with E-state index in [1.54, 1.807) is 0 Å². The number of hydrogen-bond donors (Lipinski definition) is 1. The van der Waals surface area contributed by atoms with Gasteiger partial charge in [-0.25, -0.2) is 0 Å². The van der Waals surface area contributed by atoms with Gasteiger partial charge in [0, 0.05) is 18.5 Å². The summed E-state index contributed by atoms with van der Waals surface area (Å²) in [4.78, 5) is 28.1. The maximum absolute atomic E-state index is 13.2. The summed E-state index contributed by atoms with van der Waals surface area (Å²) in [6.07, 6.45) is 9.40. The molecule has 4 heteroatoms. The summed E-state index contributed by atoms with van der Waals surface area (Å²) in [6, 6.07) is -0.344. The van der Waals surface area contributed by atoms with Crippen molar-refractivity contribution in [2.45, 2.75) is 71.3 Å². The smallest absolute Gasteiger partial charge is 0.245 e. The summed E-state index contributed by atoms with van der Waals surface area (Å²) in [6.45, 7) is 5.82. The summed E-state index contributed by atoms with van der Waals surface area (Å²) in [7, 11) is 0. The van der Waals surface area contributed by atoms with E-state index in [1.807, 2.05) is 4.90 Å². The molecule has 1 saturated heterocycles. The number of carbonyl (C=O) groups is 2. The van der Waals surface area contributed by atoms with Gasteiger partial charge in [0.05, 0.1) is 0 Å². The zero-order chi connectivity index (χ0) is 16.9. The second-order valence-electron chi connectivity index (χ2n) is 9.43. The van der Waals surface area contributed by atoms with Gasteiger partial charge in [-0.1, -0.05) is 13.8 Å². The van der Waals surface area contributed by atoms with Crippen molar-refractivity contribution in [2.24, 2.45) is 29.1 Å². The van der Waals surface area contributed by atoms with Crippen LogP contribution in [0, 0.1) is 29.1 Å². The summed E-state index contributed by atoms with van der Waals surface area (Å²) >= 11 is 0. The molecular weight excluding hydrogens is 300 g/mol. The third kappa shape index (κ3) is 2.76. The van der Waals surface area contributed by atoms with Crippen LogP contribution in [-0.4, -0.2) is 35.8 Å². The van der Waals surface area contributed by atoms with Gasteiger partial charge >= 0.3 is 0 Å². The van der Waals surface area contributed by atoms with E-state index in [2.05, 4.69) is 19.2 Å². The van der Waals surface area contributed by atoms with Crippen molar-refractivity contribution in [3.05, 3.63) is 0 Å². The molecule has 4 saturated carbocycles. The Morgan fingerprint density at radius 1 is 0.958 bits per heavy atom. The van der Waals surface area contributed by atoms with Gasteiger partial charge in [-0.3, -0.25) is 9.59 Å². The van der Waals surface area contributed by atoms with Gasteiger partial charge in [0.1, 0.15) is 6.04 Å². The number of likely N-dealkylation sites (tertiary alicyclic amines) is 1. The molecule has 4 bridgehead atoms. The molecule has 1 heterocycles. The van der Waals surface area contributed by atoms with E-state index >= 15 is 0 Å². The summed E-state index contributed by atoms with van der Waals surface area (Å²) in [5, 5.41) is 3.22. The van der Waals surface area contributed by atoms with E-state index in [1.165, 1.54) is 19.3 Å². The molecule has 0 radical (unpaired) electrons. The van der Waals surface area contributed by atoms with E-state index < -0.39 is 0 Å². The molecular formula is C20H32N2O2. The average Bonchev–Trinajstić information content (AvgIpc) is 3.04. The zero-order valence-electron chi connectivity index (χ0n) is 15.2. The Labute approximate surface area is 145 Å². The van der Waals surface area contributed by atoms with Crippen molar-refractivity contribution in [3.8, 4) is 0 Å². The molecule has 0 aromatic heterocycles. The Morgan fingerprint density at radius 3 is 1.92 bits per heavy atom. The van der Waals surface area contributed by atoms with Crippen molar-refractivity contribution in [1.82, 2.24) is 10.2 Å². The third-order valence-electron chi connectivity index (χ3n) is 7.16. The molecule has 0 spiro atoms. The van der Waals surface area contributed by atoms with Gasteiger partial charge in [0.25, 0.3) is 0 Å². The van der Waals surface area contributed by atoms with Crippen LogP contribution in [0.2, 0.25) is 0 Å². The Balaban J connectivity index is 1.48. The Hall–Kier alpha value is -1.06. The van der Waals surface area contributed by atoms with Crippen LogP contribution >= 0.6 is 0 Å². The van der Waals surface area contributed by atoms with Gasteiger partial charge in [0.15, 0.2) is 0 Å². The van der Waals surface area contributed by atoms with Gasteiger partial charge in [0.2, 0.25) is 11.8 Å². The van der Waals surface area contributed by atoms with E-state index in [0.717, 1.165) is 62.9 Å². The lowest BCUT2D eigenvalue weighted by atomic mass is 9.49. The first-order valence-corrected chi connectivity index (χ1v) is 10.1. The molecule has 24 heavy (non-hydrogen) atoms. The highest BCUT2D eigenvalue weighted by molar-refractivity contribution is 5.90. The SMILES string of the molecule is CC(C)[C@@H](NC(=O)C12CC3CC(CC(C3)C1)C2)C(=O)N1CCCC1. The van der Waals surface area contributed by atoms with Crippen LogP contribution in [0.25, 0.3) is 0 Å². The first kappa shape index (κ1) is 16.4. The lowest BCUT2D eigenvalue weighted by Crippen LogP contribution is -2.58. The van der Waals surface area contributed by atoms with E-state index in [4.69, 9.17) is 0 Å². The second-order valence-corrected chi connectivity index (χ2v) is 9.43. The fourth-order valence-electron chi connectivity index (χ4n) is 6.33. The Bertz CT molecular complexity index is 486. The van der Waals surface area contributed by atoms with Crippen LogP contribution in [-0.2, 0) is 9.59 Å². The van der Waals surface area contributed by atoms with Gasteiger partial charge in [-0.2, -0.15) is 0 Å². The molecule has 1 aliphatic heterocycles. The molecule has 1 atom stereocenters. The van der Waals surface area contributed by atoms with Crippen molar-refractivity contribution in [3.63, 3.8) is 0 Å². The first-order chi connectivity index (χ1) is 11.5. The maximum Gasteiger partial charge on any atom is 0.245 e. The number of nitrogens with zero attached hydrogens (tertiary/aromatic N) is 1. The minimum atomic E-state index is -0.344. The average molecular weight is 332 g/mol. The topological polar surface area (TPSA) is 49.4 Å². The molecule has 5 rings (SSSR count). The normalized spacial score (nSPS) is 38.6. The Morgan fingerprint density at radius 2 is 1.46 bits per heavy atom. The minimum Gasteiger partial charge on any atom is -0.344 e. The predicted molar refractivity (Wildman–Crippen MR) is 93.2 cm³/mol. The molecule has 0 aromatic carbocycles. The predicted octanol–water partition coefficient (Wildman–Crippen LogP) is 2.97. The number of carbonyl (C=O) groups excluding carboxylic acids is 2. The van der Waals surface area contributed by atoms with E-state index in [-0.39, 0.29) is 29.2 Å². The van der Waals surface area contributed by atoms with E-state index in [9.17, 15) is 9.59 Å². The highest BCUT2D eigenvalue weighted by Gasteiger charge is 2.55. The first-order valence-electron chi connectivity index (χ1n) is 10.1. The number of hydrogen-bond acceptors (Lipinski definition) is 2. The van der Waals surface area contributed by atoms with Crippen LogP contribution in [0.3, 0.4) is 0 Å². The number of nitrogens with one attached hydrogen (secondary N) is 1. The lowest BCUT2D eigenvalue weighted by Gasteiger charge is -2.56. The molecule has 5 fully saturated rings. The van der Waals surface area contributed by atoms with Crippen LogP contribution in [0.4, 0.5) is 0 Å². The molecule has 2 amide bonds. The van der Waals surface area contributed by atoms with Gasteiger partial charge in [-0.15, -0.1) is 0 Å². The largest absolute Gasteiger partial charge is 0.344 e. The lowest BCUT2D eigenvalue weighted by molar-refractivity contribution is -0.150. The monoisotopic (exact) mass is 332 g/mol. The summed E-state index contributed by atoms with van der Waals surface area (Å²) in [5.41, 5.74) is -0.160. The van der Waals surface area contributed by atoms with Gasteiger partial charge < -0.3 is 10.2 Å². The molecule has 4 aliphatic carbocycles. The van der Waals surface area contributed by atoms with Crippen molar-refractivity contribution < 1.29 is 9.59 Å². The zero-order valence-corrected chi connectivity index (χ0v) is 15.2. The van der Waals surface area contributed by atoms with Gasteiger partial charge in [-0.05, 0) is 75.0 Å². The van der Waals surface area contributed by atoms with Crippen LogP contribution in [0.5, 0.6) is 0 Å². The van der Waals surface area contributed by atoms with Crippen LogP contribution in [0.1, 0.15) is 65.2 Å². The third-order valence-corrected chi connectivity index (χ3v) is 7.16. The second kappa shape index (κ2) is 6.03. The molecule has 134 valence electrons. The number of amides is 2. The Kier molecular flexibility index (Phi) is 4.12. The summed E-state index contributed by atoms with van der Waals surface area (Å²) < 4.78 is 0. The number of rotatable bonds is 4. The molecule has 1 N–H and O–H groups in total. The summed E-state index contributed by atoms with van der Waals surface area (Å²) in [5.74, 6) is 2.75. The maximum atomic E-state index is 13.2. The van der Waals surface area contributed by atoms with Crippen LogP contribution < -0.4 is 5.32 Å². The highest BCUT2D eigenvalue weighted by Crippen LogP contribution is 2.60. The van der Waals surface area contributed by atoms with Crippen molar-refractivity contribution >= 4 is 11.8 Å². The van der Waals surface area contributed by atoms with Crippen molar-refractivity contribution in [2.75, 3.05) is 13.1 Å². The fourth-order valence-corrected chi connectivity index (χ4v) is 6.33. The molecule has 0 aromatic rings. The standard InChI is InChI=1S/C20H32N2O2/c1-13(2)17(18(23)22-5-3-4-6-22)21-19(24)20-10-14-7-15(11-20)9-16(8-14)12-20/h13-17H,3-12H2,1-2H3,(H,21,24)/t14?,15?,16?,17-,20?/m1/s1. The molecule has 0 unspecified atom stereocenters. The van der Waals surface area contributed by atoms with Crippen LogP contribution in [0.15, 0.2) is 0 Å².